The first kappa shape index (κ1) is 19.5. The van der Waals surface area contributed by atoms with Crippen molar-refractivity contribution in [3.63, 3.8) is 0 Å². The average Bonchev–Trinajstić information content (AvgIpc) is 2.59. The molecule has 1 N–H and O–H groups in total. The number of carbonyl (C=O) groups is 1. The molecule has 0 aliphatic heterocycles. The fraction of sp³-hybridized carbons (Fsp3) is 0.316. The lowest BCUT2D eigenvalue weighted by molar-refractivity contribution is -0.115. The maximum atomic E-state index is 12.2. The molecule has 0 fully saturated rings. The second-order valence-electron chi connectivity index (χ2n) is 5.58. The smallest absolute Gasteiger partial charge is 0.225 e. The molecular formula is C19H22ClNO3S. The van der Waals surface area contributed by atoms with Crippen LogP contribution >= 0.6 is 23.4 Å². The Bertz CT molecular complexity index is 765. The van der Waals surface area contributed by atoms with E-state index in [9.17, 15) is 4.79 Å². The number of hydrogen-bond donors (Lipinski definition) is 1. The van der Waals surface area contributed by atoms with E-state index in [0.717, 1.165) is 0 Å². The monoisotopic (exact) mass is 379 g/mol. The molecule has 0 aliphatic rings. The Labute approximate surface area is 157 Å². The average molecular weight is 380 g/mol. The van der Waals surface area contributed by atoms with Crippen LogP contribution in [0.1, 0.15) is 17.5 Å². The fourth-order valence-electron chi connectivity index (χ4n) is 2.24. The van der Waals surface area contributed by atoms with E-state index in [-0.39, 0.29) is 5.91 Å². The third kappa shape index (κ3) is 5.31. The van der Waals surface area contributed by atoms with Gasteiger partial charge in [-0.25, -0.2) is 0 Å². The molecule has 0 radical (unpaired) electrons. The van der Waals surface area contributed by atoms with Crippen LogP contribution < -0.4 is 14.8 Å². The van der Waals surface area contributed by atoms with E-state index in [1.807, 2.05) is 0 Å². The first-order valence-electron chi connectivity index (χ1n) is 7.86. The summed E-state index contributed by atoms with van der Waals surface area (Å²) < 4.78 is 10.4. The SMILES string of the molecule is COc1cc(NC(=O)CCSc2ccc(C)c(C)c2)c(OC)cc1Cl. The van der Waals surface area contributed by atoms with E-state index in [4.69, 9.17) is 21.1 Å². The molecular weight excluding hydrogens is 358 g/mol. The van der Waals surface area contributed by atoms with Crippen molar-refractivity contribution in [2.45, 2.75) is 25.2 Å². The number of methoxy groups -OCH3 is 2. The molecule has 0 atom stereocenters. The van der Waals surface area contributed by atoms with Crippen molar-refractivity contribution < 1.29 is 14.3 Å². The van der Waals surface area contributed by atoms with Gasteiger partial charge in [0.25, 0.3) is 0 Å². The Morgan fingerprint density at radius 2 is 1.80 bits per heavy atom. The molecule has 2 rings (SSSR count). The van der Waals surface area contributed by atoms with Gasteiger partial charge < -0.3 is 14.8 Å². The number of ether oxygens (including phenoxy) is 2. The second-order valence-corrected chi connectivity index (χ2v) is 7.16. The number of anilines is 1. The molecule has 25 heavy (non-hydrogen) atoms. The molecule has 0 spiro atoms. The number of rotatable bonds is 7. The predicted octanol–water partition coefficient (Wildman–Crippen LogP) is 5.09. The van der Waals surface area contributed by atoms with Crippen LogP contribution in [-0.2, 0) is 4.79 Å². The highest BCUT2D eigenvalue weighted by Gasteiger charge is 2.12. The number of aryl methyl sites for hydroxylation is 2. The van der Waals surface area contributed by atoms with E-state index >= 15 is 0 Å². The summed E-state index contributed by atoms with van der Waals surface area (Å²) in [5, 5.41) is 3.29. The lowest BCUT2D eigenvalue weighted by Gasteiger charge is -2.13. The Balaban J connectivity index is 1.94. The van der Waals surface area contributed by atoms with Crippen molar-refractivity contribution in [1.82, 2.24) is 0 Å². The minimum Gasteiger partial charge on any atom is -0.495 e. The van der Waals surface area contributed by atoms with Gasteiger partial charge in [-0.2, -0.15) is 0 Å². The molecule has 0 bridgehead atoms. The van der Waals surface area contributed by atoms with Gasteiger partial charge in [0.1, 0.15) is 11.5 Å². The van der Waals surface area contributed by atoms with Gasteiger partial charge in [0.15, 0.2) is 0 Å². The summed E-state index contributed by atoms with van der Waals surface area (Å²) in [7, 11) is 3.06. The van der Waals surface area contributed by atoms with E-state index in [1.54, 1.807) is 23.9 Å². The summed E-state index contributed by atoms with van der Waals surface area (Å²) >= 11 is 7.74. The van der Waals surface area contributed by atoms with Crippen molar-refractivity contribution in [3.05, 3.63) is 46.5 Å². The molecule has 1 amide bonds. The van der Waals surface area contributed by atoms with Crippen molar-refractivity contribution >= 4 is 35.0 Å². The van der Waals surface area contributed by atoms with Gasteiger partial charge in [-0.3, -0.25) is 4.79 Å². The van der Waals surface area contributed by atoms with Gasteiger partial charge in [0, 0.05) is 29.2 Å². The molecule has 0 aromatic heterocycles. The minimum atomic E-state index is -0.0843. The third-order valence-electron chi connectivity index (χ3n) is 3.82. The van der Waals surface area contributed by atoms with E-state index in [2.05, 4.69) is 37.4 Å². The van der Waals surface area contributed by atoms with Crippen LogP contribution in [0.5, 0.6) is 11.5 Å². The van der Waals surface area contributed by atoms with E-state index in [0.29, 0.717) is 34.4 Å². The maximum absolute atomic E-state index is 12.2. The maximum Gasteiger partial charge on any atom is 0.225 e. The number of benzene rings is 2. The van der Waals surface area contributed by atoms with Crippen LogP contribution in [0, 0.1) is 13.8 Å². The molecule has 0 heterocycles. The van der Waals surface area contributed by atoms with E-state index in [1.165, 1.54) is 30.2 Å². The summed E-state index contributed by atoms with van der Waals surface area (Å²) in [6.45, 7) is 4.18. The van der Waals surface area contributed by atoms with Crippen LogP contribution in [-0.4, -0.2) is 25.9 Å². The molecule has 0 unspecified atom stereocenters. The topological polar surface area (TPSA) is 47.6 Å². The van der Waals surface area contributed by atoms with Crippen molar-refractivity contribution in [2.24, 2.45) is 0 Å². The van der Waals surface area contributed by atoms with E-state index < -0.39 is 0 Å². The van der Waals surface area contributed by atoms with Crippen LogP contribution in [0.3, 0.4) is 0 Å². The second kappa shape index (κ2) is 9.02. The highest BCUT2D eigenvalue weighted by molar-refractivity contribution is 7.99. The van der Waals surface area contributed by atoms with Gasteiger partial charge in [-0.1, -0.05) is 17.7 Å². The largest absolute Gasteiger partial charge is 0.495 e. The molecule has 0 aliphatic carbocycles. The summed E-state index contributed by atoms with van der Waals surface area (Å²) in [5.41, 5.74) is 3.07. The van der Waals surface area contributed by atoms with Crippen LogP contribution in [0.2, 0.25) is 5.02 Å². The first-order valence-corrected chi connectivity index (χ1v) is 9.22. The van der Waals surface area contributed by atoms with Crippen molar-refractivity contribution in [3.8, 4) is 11.5 Å². The summed E-state index contributed by atoms with van der Waals surface area (Å²) in [6, 6.07) is 9.61. The van der Waals surface area contributed by atoms with Crippen LogP contribution in [0.15, 0.2) is 35.2 Å². The molecule has 4 nitrogen and oxygen atoms in total. The number of hydrogen-bond acceptors (Lipinski definition) is 4. The highest BCUT2D eigenvalue weighted by Crippen LogP contribution is 2.36. The molecule has 2 aromatic rings. The number of thioether (sulfide) groups is 1. The zero-order valence-corrected chi connectivity index (χ0v) is 16.4. The van der Waals surface area contributed by atoms with Crippen molar-refractivity contribution in [2.75, 3.05) is 25.3 Å². The Morgan fingerprint density at radius 3 is 2.44 bits per heavy atom. The summed E-state index contributed by atoms with van der Waals surface area (Å²) in [5.74, 6) is 1.60. The standard InChI is InChI=1S/C19H22ClNO3S/c1-12-5-6-14(9-13(12)2)25-8-7-19(22)21-16-11-17(23-3)15(20)10-18(16)24-4/h5-6,9-11H,7-8H2,1-4H3,(H,21,22). The molecule has 6 heteroatoms. The first-order chi connectivity index (χ1) is 11.9. The lowest BCUT2D eigenvalue weighted by atomic mass is 10.1. The van der Waals surface area contributed by atoms with Gasteiger partial charge in [-0.05, 0) is 37.1 Å². The normalized spacial score (nSPS) is 10.4. The Morgan fingerprint density at radius 1 is 1.08 bits per heavy atom. The number of amides is 1. The molecule has 0 saturated heterocycles. The van der Waals surface area contributed by atoms with Gasteiger partial charge in [0.2, 0.25) is 5.91 Å². The molecule has 2 aromatic carbocycles. The quantitative estimate of drug-likeness (QED) is 0.680. The van der Waals surface area contributed by atoms with Gasteiger partial charge in [0.05, 0.1) is 24.9 Å². The van der Waals surface area contributed by atoms with Crippen LogP contribution in [0.25, 0.3) is 0 Å². The number of halogens is 1. The molecule has 0 saturated carbocycles. The fourth-order valence-corrected chi connectivity index (χ4v) is 3.41. The van der Waals surface area contributed by atoms with Crippen LogP contribution in [0.4, 0.5) is 5.69 Å². The lowest BCUT2D eigenvalue weighted by Crippen LogP contribution is -2.13. The molecule has 134 valence electrons. The number of nitrogens with one attached hydrogen (secondary N) is 1. The third-order valence-corrected chi connectivity index (χ3v) is 5.12. The Hall–Kier alpha value is -1.85. The minimum absolute atomic E-state index is 0.0843. The highest BCUT2D eigenvalue weighted by atomic mass is 35.5. The van der Waals surface area contributed by atoms with Crippen molar-refractivity contribution in [1.29, 1.82) is 0 Å². The summed E-state index contributed by atoms with van der Waals surface area (Å²) in [4.78, 5) is 13.4. The van der Waals surface area contributed by atoms with Gasteiger partial charge in [-0.15, -0.1) is 11.8 Å². The Kier molecular flexibility index (Phi) is 7.02. The predicted molar refractivity (Wildman–Crippen MR) is 104 cm³/mol. The zero-order chi connectivity index (χ0) is 18.4. The number of carbonyl (C=O) groups excluding carboxylic acids is 1. The van der Waals surface area contributed by atoms with Gasteiger partial charge >= 0.3 is 0 Å². The zero-order valence-electron chi connectivity index (χ0n) is 14.8. The summed E-state index contributed by atoms with van der Waals surface area (Å²) in [6.07, 6.45) is 0.395.